The van der Waals surface area contributed by atoms with Gasteiger partial charge in [0, 0.05) is 0 Å². The van der Waals surface area contributed by atoms with Crippen LogP contribution < -0.4 is 0 Å². The summed E-state index contributed by atoms with van der Waals surface area (Å²) in [6.45, 7) is 0.492. The van der Waals surface area contributed by atoms with Gasteiger partial charge in [-0.15, -0.1) is 0 Å². The molecule has 0 radical (unpaired) electrons. The number of halogens is 1. The first-order valence-electron chi connectivity index (χ1n) is 3.43. The van der Waals surface area contributed by atoms with Crippen molar-refractivity contribution in [2.24, 2.45) is 0 Å². The molecule has 3 nitrogen and oxygen atoms in total. The maximum absolute atomic E-state index is 12.7. The molecule has 4 saturated heterocycles. The second-order valence-corrected chi connectivity index (χ2v) is 2.89. The standard InChI is InChI=1S/C6H7FO3/c7-6-5-4-3(10-4)2(9-6)1-8-5/h2-6H,1H2/t2-,3-,4-,5+,6-/m1/s1. The number of epoxide rings is 1. The average Bonchev–Trinajstić information content (AvgIpc) is 2.66. The molecular weight excluding hydrogens is 139 g/mol. The molecule has 0 amide bonds. The fourth-order valence-electron chi connectivity index (χ4n) is 1.68. The Balaban J connectivity index is 1.92. The molecule has 4 aliphatic rings. The summed E-state index contributed by atoms with van der Waals surface area (Å²) in [4.78, 5) is 0. The average molecular weight is 146 g/mol. The number of fused-ring (bicyclic) bond motifs is 2. The minimum Gasteiger partial charge on any atom is -0.367 e. The second-order valence-electron chi connectivity index (χ2n) is 2.89. The molecular formula is C6H7FO3. The molecule has 4 aliphatic heterocycles. The monoisotopic (exact) mass is 146 g/mol. The topological polar surface area (TPSA) is 31.0 Å². The van der Waals surface area contributed by atoms with E-state index < -0.39 is 12.5 Å². The molecule has 4 heterocycles. The number of hydrogen-bond acceptors (Lipinski definition) is 3. The quantitative estimate of drug-likeness (QED) is 0.445. The van der Waals surface area contributed by atoms with Crippen LogP contribution in [0.3, 0.4) is 0 Å². The van der Waals surface area contributed by atoms with Crippen molar-refractivity contribution in [2.45, 2.75) is 30.8 Å². The molecule has 0 aromatic rings. The van der Waals surface area contributed by atoms with Gasteiger partial charge < -0.3 is 14.2 Å². The maximum atomic E-state index is 12.7. The smallest absolute Gasteiger partial charge is 0.228 e. The molecule has 5 atom stereocenters. The van der Waals surface area contributed by atoms with Crippen LogP contribution in [0.1, 0.15) is 0 Å². The van der Waals surface area contributed by atoms with Crippen molar-refractivity contribution >= 4 is 0 Å². The Bertz CT molecular complexity index is 172. The zero-order chi connectivity index (χ0) is 6.72. The lowest BCUT2D eigenvalue weighted by atomic mass is 10.0. The molecule has 4 heteroatoms. The molecule has 10 heavy (non-hydrogen) atoms. The van der Waals surface area contributed by atoms with Crippen LogP contribution >= 0.6 is 0 Å². The number of hydrogen-bond donors (Lipinski definition) is 0. The second kappa shape index (κ2) is 1.52. The Morgan fingerprint density at radius 1 is 1.10 bits per heavy atom. The van der Waals surface area contributed by atoms with Crippen molar-refractivity contribution in [3.05, 3.63) is 0 Å². The Kier molecular flexibility index (Phi) is 0.829. The Hall–Kier alpha value is -0.190. The molecule has 0 saturated carbocycles. The zero-order valence-corrected chi connectivity index (χ0v) is 5.20. The minimum atomic E-state index is -1.26. The highest BCUT2D eigenvalue weighted by Crippen LogP contribution is 2.43. The molecule has 0 aromatic heterocycles. The van der Waals surface area contributed by atoms with Gasteiger partial charge in [0.05, 0.1) is 6.61 Å². The van der Waals surface area contributed by atoms with Gasteiger partial charge in [0.2, 0.25) is 6.36 Å². The van der Waals surface area contributed by atoms with Gasteiger partial charge in [0.15, 0.2) is 0 Å². The molecule has 0 aliphatic carbocycles. The third-order valence-corrected chi connectivity index (χ3v) is 2.27. The summed E-state index contributed by atoms with van der Waals surface area (Å²) in [5.74, 6) is 0. The molecule has 4 rings (SSSR count). The van der Waals surface area contributed by atoms with E-state index in [0.29, 0.717) is 6.61 Å². The summed E-state index contributed by atoms with van der Waals surface area (Å²) in [5, 5.41) is 0. The molecule has 4 fully saturated rings. The fraction of sp³-hybridized carbons (Fsp3) is 1.00. The van der Waals surface area contributed by atoms with Crippen LogP contribution in [-0.4, -0.2) is 37.4 Å². The maximum Gasteiger partial charge on any atom is 0.228 e. The molecule has 2 bridgehead atoms. The van der Waals surface area contributed by atoms with Crippen LogP contribution in [-0.2, 0) is 14.2 Å². The van der Waals surface area contributed by atoms with Crippen LogP contribution in [0.15, 0.2) is 0 Å². The van der Waals surface area contributed by atoms with Crippen molar-refractivity contribution in [1.82, 2.24) is 0 Å². The van der Waals surface area contributed by atoms with Crippen LogP contribution in [0.2, 0.25) is 0 Å². The molecule has 0 spiro atoms. The van der Waals surface area contributed by atoms with E-state index in [9.17, 15) is 4.39 Å². The number of alkyl halides is 1. The van der Waals surface area contributed by atoms with Gasteiger partial charge in [0.25, 0.3) is 0 Å². The minimum absolute atomic E-state index is 0.0116. The SMILES string of the molecule is F[C@@H]1O[C@@H]2CO[C@H]1[C@@H]1O[C@@H]12. The van der Waals surface area contributed by atoms with Crippen LogP contribution in [0, 0.1) is 0 Å². The summed E-state index contributed by atoms with van der Waals surface area (Å²) in [6, 6.07) is 0. The van der Waals surface area contributed by atoms with Crippen molar-refractivity contribution in [2.75, 3.05) is 6.61 Å². The van der Waals surface area contributed by atoms with E-state index in [2.05, 4.69) is 0 Å². The summed E-state index contributed by atoms with van der Waals surface area (Å²) in [6.07, 6.45) is -1.74. The Morgan fingerprint density at radius 2 is 2.00 bits per heavy atom. The van der Waals surface area contributed by atoms with Crippen molar-refractivity contribution in [3.63, 3.8) is 0 Å². The third kappa shape index (κ3) is 0.504. The third-order valence-electron chi connectivity index (χ3n) is 2.27. The molecule has 0 unspecified atom stereocenters. The molecule has 56 valence electrons. The van der Waals surface area contributed by atoms with Gasteiger partial charge >= 0.3 is 0 Å². The number of ether oxygens (including phenoxy) is 3. The largest absolute Gasteiger partial charge is 0.367 e. The van der Waals surface area contributed by atoms with Gasteiger partial charge in [-0.1, -0.05) is 0 Å². The Morgan fingerprint density at radius 3 is 2.60 bits per heavy atom. The van der Waals surface area contributed by atoms with Crippen LogP contribution in [0.5, 0.6) is 0 Å². The van der Waals surface area contributed by atoms with Crippen molar-refractivity contribution < 1.29 is 18.6 Å². The van der Waals surface area contributed by atoms with Gasteiger partial charge in [0.1, 0.15) is 24.4 Å². The first kappa shape index (κ1) is 5.46. The normalized spacial score (nSPS) is 63.9. The van der Waals surface area contributed by atoms with E-state index in [1.165, 1.54) is 0 Å². The van der Waals surface area contributed by atoms with Gasteiger partial charge in [-0.3, -0.25) is 0 Å². The van der Waals surface area contributed by atoms with Gasteiger partial charge in [-0.2, -0.15) is 0 Å². The highest BCUT2D eigenvalue weighted by atomic mass is 19.1. The van der Waals surface area contributed by atoms with E-state index >= 15 is 0 Å². The van der Waals surface area contributed by atoms with Gasteiger partial charge in [-0.25, -0.2) is 4.39 Å². The number of rotatable bonds is 0. The molecule has 0 N–H and O–H groups in total. The highest BCUT2D eigenvalue weighted by Gasteiger charge is 2.62. The molecule has 0 aromatic carbocycles. The lowest BCUT2D eigenvalue weighted by molar-refractivity contribution is -0.244. The lowest BCUT2D eigenvalue weighted by Gasteiger charge is -2.34. The van der Waals surface area contributed by atoms with E-state index in [1.807, 2.05) is 0 Å². The first-order chi connectivity index (χ1) is 4.86. The highest BCUT2D eigenvalue weighted by molar-refractivity contribution is 5.05. The Labute approximate surface area is 57.1 Å². The zero-order valence-electron chi connectivity index (χ0n) is 5.20. The predicted molar refractivity (Wildman–Crippen MR) is 28.2 cm³/mol. The van der Waals surface area contributed by atoms with E-state index in [0.717, 1.165) is 0 Å². The fourth-order valence-corrected chi connectivity index (χ4v) is 1.68. The van der Waals surface area contributed by atoms with Gasteiger partial charge in [-0.05, 0) is 0 Å². The summed E-state index contributed by atoms with van der Waals surface area (Å²) >= 11 is 0. The van der Waals surface area contributed by atoms with E-state index in [1.54, 1.807) is 0 Å². The van der Waals surface area contributed by atoms with Crippen LogP contribution in [0.4, 0.5) is 4.39 Å². The van der Waals surface area contributed by atoms with E-state index in [-0.39, 0.29) is 18.3 Å². The summed E-state index contributed by atoms with van der Waals surface area (Å²) in [5.41, 5.74) is 0. The summed E-state index contributed by atoms with van der Waals surface area (Å²) in [7, 11) is 0. The van der Waals surface area contributed by atoms with Crippen LogP contribution in [0.25, 0.3) is 0 Å². The predicted octanol–water partition coefficient (Wildman–Crippen LogP) is -0.153. The van der Waals surface area contributed by atoms with E-state index in [4.69, 9.17) is 14.2 Å². The lowest BCUT2D eigenvalue weighted by Crippen LogP contribution is -2.52. The first-order valence-corrected chi connectivity index (χ1v) is 3.43. The summed E-state index contributed by atoms with van der Waals surface area (Å²) < 4.78 is 27.9. The van der Waals surface area contributed by atoms with Crippen molar-refractivity contribution in [1.29, 1.82) is 0 Å². The van der Waals surface area contributed by atoms with Crippen molar-refractivity contribution in [3.8, 4) is 0 Å².